The number of nitrogens with one attached hydrogen (secondary N) is 1. The summed E-state index contributed by atoms with van der Waals surface area (Å²) in [5.41, 5.74) is 0.477. The predicted octanol–water partition coefficient (Wildman–Crippen LogP) is 0.770. The number of benzene rings is 1. The van der Waals surface area contributed by atoms with E-state index in [2.05, 4.69) is 10.2 Å². The second-order valence-electron chi connectivity index (χ2n) is 4.36. The van der Waals surface area contributed by atoms with Crippen molar-refractivity contribution in [3.8, 4) is 17.2 Å². The highest BCUT2D eigenvalue weighted by Gasteiger charge is 2.23. The molecule has 17 heavy (non-hydrogen) atoms. The Balaban J connectivity index is 2.26. The van der Waals surface area contributed by atoms with Crippen molar-refractivity contribution in [3.63, 3.8) is 0 Å². The summed E-state index contributed by atoms with van der Waals surface area (Å²) in [5.74, 6) is -0.252. The van der Waals surface area contributed by atoms with E-state index in [1.165, 1.54) is 12.1 Å². The maximum absolute atomic E-state index is 9.81. The predicted molar refractivity (Wildman–Crippen MR) is 64.3 cm³/mol. The zero-order valence-corrected chi connectivity index (χ0v) is 9.85. The van der Waals surface area contributed by atoms with E-state index in [9.17, 15) is 15.3 Å². The van der Waals surface area contributed by atoms with E-state index in [1.54, 1.807) is 0 Å². The van der Waals surface area contributed by atoms with Crippen LogP contribution in [0.4, 0.5) is 0 Å². The topological polar surface area (TPSA) is 76.0 Å². The molecule has 2 rings (SSSR count). The van der Waals surface area contributed by atoms with Crippen LogP contribution >= 0.6 is 0 Å². The molecule has 0 radical (unpaired) electrons. The van der Waals surface area contributed by atoms with Crippen molar-refractivity contribution in [2.45, 2.75) is 13.0 Å². The van der Waals surface area contributed by atoms with Gasteiger partial charge in [-0.25, -0.2) is 0 Å². The fourth-order valence-electron chi connectivity index (χ4n) is 2.29. The standard InChI is InChI=1S/C12H18N2O3/c1-8(14-4-2-13-3-5-14)12-10(16)6-9(15)7-11(12)17/h6-8,13,15-17H,2-5H2,1H3/t8-/m1/s1. The Hall–Kier alpha value is -1.46. The third-order valence-electron chi connectivity index (χ3n) is 3.24. The molecule has 0 aromatic heterocycles. The molecular weight excluding hydrogens is 220 g/mol. The van der Waals surface area contributed by atoms with Gasteiger partial charge in [-0.1, -0.05) is 0 Å². The van der Waals surface area contributed by atoms with Gasteiger partial charge in [-0.15, -0.1) is 0 Å². The molecule has 5 heteroatoms. The highest BCUT2D eigenvalue weighted by molar-refractivity contribution is 5.50. The van der Waals surface area contributed by atoms with Gasteiger partial charge in [0.25, 0.3) is 0 Å². The third kappa shape index (κ3) is 2.45. The normalized spacial score (nSPS) is 19.1. The van der Waals surface area contributed by atoms with E-state index >= 15 is 0 Å². The first-order chi connectivity index (χ1) is 8.09. The summed E-state index contributed by atoms with van der Waals surface area (Å²) in [5, 5.41) is 32.1. The molecule has 1 aromatic carbocycles. The summed E-state index contributed by atoms with van der Waals surface area (Å²) in [4.78, 5) is 2.18. The molecule has 5 nitrogen and oxygen atoms in total. The number of hydrogen-bond donors (Lipinski definition) is 4. The Kier molecular flexibility index (Phi) is 3.40. The number of nitrogens with zero attached hydrogens (tertiary/aromatic N) is 1. The first-order valence-electron chi connectivity index (χ1n) is 5.79. The van der Waals surface area contributed by atoms with E-state index in [0.29, 0.717) is 5.56 Å². The number of hydrogen-bond acceptors (Lipinski definition) is 5. The van der Waals surface area contributed by atoms with Crippen molar-refractivity contribution < 1.29 is 15.3 Å². The van der Waals surface area contributed by atoms with Gasteiger partial charge >= 0.3 is 0 Å². The average molecular weight is 238 g/mol. The lowest BCUT2D eigenvalue weighted by atomic mass is 10.0. The highest BCUT2D eigenvalue weighted by atomic mass is 16.3. The minimum Gasteiger partial charge on any atom is -0.508 e. The Morgan fingerprint density at radius 3 is 2.18 bits per heavy atom. The molecule has 1 aliphatic heterocycles. The molecule has 1 aromatic rings. The Bertz CT molecular complexity index is 380. The van der Waals surface area contributed by atoms with E-state index in [4.69, 9.17) is 0 Å². The van der Waals surface area contributed by atoms with Crippen LogP contribution in [0.5, 0.6) is 17.2 Å². The Morgan fingerprint density at radius 1 is 1.12 bits per heavy atom. The number of aromatic hydroxyl groups is 3. The summed E-state index contributed by atoms with van der Waals surface area (Å²) in [7, 11) is 0. The zero-order chi connectivity index (χ0) is 12.4. The van der Waals surface area contributed by atoms with Gasteiger partial charge in [-0.2, -0.15) is 0 Å². The fourth-order valence-corrected chi connectivity index (χ4v) is 2.29. The maximum Gasteiger partial charge on any atom is 0.127 e. The third-order valence-corrected chi connectivity index (χ3v) is 3.24. The molecule has 0 aliphatic carbocycles. The van der Waals surface area contributed by atoms with Crippen LogP contribution in [-0.4, -0.2) is 46.4 Å². The lowest BCUT2D eigenvalue weighted by molar-refractivity contribution is 0.180. The van der Waals surface area contributed by atoms with Gasteiger partial charge in [0.05, 0.1) is 5.56 Å². The second kappa shape index (κ2) is 4.81. The van der Waals surface area contributed by atoms with Gasteiger partial charge in [0.15, 0.2) is 0 Å². The van der Waals surface area contributed by atoms with Crippen molar-refractivity contribution in [2.24, 2.45) is 0 Å². The highest BCUT2D eigenvalue weighted by Crippen LogP contribution is 2.38. The van der Waals surface area contributed by atoms with Crippen molar-refractivity contribution in [1.29, 1.82) is 0 Å². The van der Waals surface area contributed by atoms with Gasteiger partial charge in [0.1, 0.15) is 17.2 Å². The van der Waals surface area contributed by atoms with E-state index in [1.807, 2.05) is 6.92 Å². The van der Waals surface area contributed by atoms with Crippen LogP contribution in [0.15, 0.2) is 12.1 Å². The summed E-state index contributed by atoms with van der Waals surface area (Å²) < 4.78 is 0. The summed E-state index contributed by atoms with van der Waals surface area (Å²) >= 11 is 0. The molecule has 0 saturated carbocycles. The van der Waals surface area contributed by atoms with Crippen LogP contribution in [0.1, 0.15) is 18.5 Å². The quantitative estimate of drug-likeness (QED) is 0.612. The van der Waals surface area contributed by atoms with Crippen molar-refractivity contribution in [1.82, 2.24) is 10.2 Å². The summed E-state index contributed by atoms with van der Waals surface area (Å²) in [6.45, 7) is 5.51. The van der Waals surface area contributed by atoms with Crippen LogP contribution in [0.2, 0.25) is 0 Å². The summed E-state index contributed by atoms with van der Waals surface area (Å²) in [6, 6.07) is 2.44. The molecule has 0 bridgehead atoms. The smallest absolute Gasteiger partial charge is 0.127 e. The van der Waals surface area contributed by atoms with Crippen LogP contribution in [0.25, 0.3) is 0 Å². The Labute approximate surface area is 100 Å². The molecule has 4 N–H and O–H groups in total. The van der Waals surface area contributed by atoms with Crippen LogP contribution in [-0.2, 0) is 0 Å². The second-order valence-corrected chi connectivity index (χ2v) is 4.36. The molecule has 1 aliphatic rings. The molecule has 1 atom stereocenters. The van der Waals surface area contributed by atoms with Gasteiger partial charge < -0.3 is 20.6 Å². The maximum atomic E-state index is 9.81. The number of rotatable bonds is 2. The van der Waals surface area contributed by atoms with E-state index in [-0.39, 0.29) is 23.3 Å². The fraction of sp³-hybridized carbons (Fsp3) is 0.500. The monoisotopic (exact) mass is 238 g/mol. The SMILES string of the molecule is C[C@H](c1c(O)cc(O)cc1O)N1CCNCC1. The minimum absolute atomic E-state index is 0.0615. The molecule has 1 heterocycles. The molecular formula is C12H18N2O3. The molecule has 0 amide bonds. The van der Waals surface area contributed by atoms with Gasteiger partial charge in [-0.3, -0.25) is 4.90 Å². The van der Waals surface area contributed by atoms with Crippen LogP contribution in [0, 0.1) is 0 Å². The molecule has 0 unspecified atom stereocenters. The summed E-state index contributed by atoms with van der Waals surface area (Å²) in [6.07, 6.45) is 0. The largest absolute Gasteiger partial charge is 0.508 e. The van der Waals surface area contributed by atoms with Crippen LogP contribution < -0.4 is 5.32 Å². The average Bonchev–Trinajstić information content (AvgIpc) is 2.28. The lowest BCUT2D eigenvalue weighted by Gasteiger charge is -2.33. The minimum atomic E-state index is -0.128. The first-order valence-corrected chi connectivity index (χ1v) is 5.79. The van der Waals surface area contributed by atoms with Crippen molar-refractivity contribution in [2.75, 3.05) is 26.2 Å². The number of phenols is 3. The Morgan fingerprint density at radius 2 is 1.65 bits per heavy atom. The van der Waals surface area contributed by atoms with E-state index in [0.717, 1.165) is 26.2 Å². The van der Waals surface area contributed by atoms with Gasteiger partial charge in [0, 0.05) is 44.4 Å². The molecule has 94 valence electrons. The molecule has 0 spiro atoms. The van der Waals surface area contributed by atoms with Crippen LogP contribution in [0.3, 0.4) is 0 Å². The van der Waals surface area contributed by atoms with Crippen molar-refractivity contribution in [3.05, 3.63) is 17.7 Å². The number of phenolic OH excluding ortho intramolecular Hbond substituents is 3. The van der Waals surface area contributed by atoms with E-state index < -0.39 is 0 Å². The van der Waals surface area contributed by atoms with Gasteiger partial charge in [-0.05, 0) is 6.92 Å². The first kappa shape index (κ1) is 12.0. The zero-order valence-electron chi connectivity index (χ0n) is 9.85. The molecule has 1 saturated heterocycles. The lowest BCUT2D eigenvalue weighted by Crippen LogP contribution is -2.44. The molecule has 1 fully saturated rings. The van der Waals surface area contributed by atoms with Crippen molar-refractivity contribution >= 4 is 0 Å². The number of piperazine rings is 1. The van der Waals surface area contributed by atoms with Gasteiger partial charge in [0.2, 0.25) is 0 Å².